The zero-order valence-electron chi connectivity index (χ0n) is 10.8. The van der Waals surface area contributed by atoms with Crippen LogP contribution in [0.4, 0.5) is 0 Å². The third kappa shape index (κ3) is 4.18. The van der Waals surface area contributed by atoms with Crippen molar-refractivity contribution in [1.29, 1.82) is 0 Å². The molecule has 0 spiro atoms. The SMILES string of the molecule is CCOCC(=O)NCCn1ccc(-c2cccs2)n1. The van der Waals surface area contributed by atoms with Crippen molar-refractivity contribution in [2.24, 2.45) is 0 Å². The van der Waals surface area contributed by atoms with E-state index < -0.39 is 0 Å². The summed E-state index contributed by atoms with van der Waals surface area (Å²) >= 11 is 1.67. The van der Waals surface area contributed by atoms with Crippen LogP contribution < -0.4 is 5.32 Å². The molecule has 0 aliphatic carbocycles. The molecule has 0 aliphatic rings. The molecule has 0 radical (unpaired) electrons. The number of nitrogens with one attached hydrogen (secondary N) is 1. The molecular weight excluding hydrogens is 262 g/mol. The van der Waals surface area contributed by atoms with E-state index in [-0.39, 0.29) is 12.5 Å². The number of amides is 1. The summed E-state index contributed by atoms with van der Waals surface area (Å²) in [6.45, 7) is 3.75. The molecule has 2 heterocycles. The first-order valence-corrected chi connectivity index (χ1v) is 7.09. The van der Waals surface area contributed by atoms with E-state index in [1.54, 1.807) is 11.3 Å². The highest BCUT2D eigenvalue weighted by Crippen LogP contribution is 2.22. The molecule has 102 valence electrons. The van der Waals surface area contributed by atoms with Crippen LogP contribution in [0.2, 0.25) is 0 Å². The molecule has 1 amide bonds. The molecule has 6 heteroatoms. The van der Waals surface area contributed by atoms with Gasteiger partial charge in [0.1, 0.15) is 12.3 Å². The second-order valence-electron chi connectivity index (χ2n) is 3.93. The minimum Gasteiger partial charge on any atom is -0.372 e. The van der Waals surface area contributed by atoms with Gasteiger partial charge in [-0.3, -0.25) is 9.48 Å². The Morgan fingerprint density at radius 1 is 1.53 bits per heavy atom. The Kier molecular flexibility index (Phi) is 5.11. The molecule has 0 fully saturated rings. The normalized spacial score (nSPS) is 10.6. The Labute approximate surface area is 116 Å². The number of aromatic nitrogens is 2. The van der Waals surface area contributed by atoms with Crippen LogP contribution in [0.25, 0.3) is 10.6 Å². The molecule has 0 aromatic carbocycles. The Morgan fingerprint density at radius 2 is 2.42 bits per heavy atom. The van der Waals surface area contributed by atoms with Crippen molar-refractivity contribution in [1.82, 2.24) is 15.1 Å². The van der Waals surface area contributed by atoms with Crippen LogP contribution in [0.3, 0.4) is 0 Å². The molecule has 2 aromatic rings. The third-order valence-electron chi connectivity index (χ3n) is 2.51. The topological polar surface area (TPSA) is 56.1 Å². The fraction of sp³-hybridized carbons (Fsp3) is 0.385. The lowest BCUT2D eigenvalue weighted by Gasteiger charge is -2.05. The second-order valence-corrected chi connectivity index (χ2v) is 4.88. The monoisotopic (exact) mass is 279 g/mol. The van der Waals surface area contributed by atoms with Crippen LogP contribution in [0.15, 0.2) is 29.8 Å². The van der Waals surface area contributed by atoms with E-state index in [0.29, 0.717) is 19.7 Å². The molecule has 0 saturated heterocycles. The summed E-state index contributed by atoms with van der Waals surface area (Å²) in [5.74, 6) is -0.0903. The number of ether oxygens (including phenoxy) is 1. The van der Waals surface area contributed by atoms with Gasteiger partial charge in [-0.2, -0.15) is 5.10 Å². The first kappa shape index (κ1) is 13.8. The van der Waals surface area contributed by atoms with Crippen LogP contribution in [0.5, 0.6) is 0 Å². The van der Waals surface area contributed by atoms with Gasteiger partial charge in [0.25, 0.3) is 0 Å². The largest absolute Gasteiger partial charge is 0.372 e. The Bertz CT molecular complexity index is 508. The molecule has 0 atom stereocenters. The second kappa shape index (κ2) is 7.06. The highest BCUT2D eigenvalue weighted by atomic mass is 32.1. The number of thiophene rings is 1. The van der Waals surface area contributed by atoms with Gasteiger partial charge >= 0.3 is 0 Å². The number of hydrogen-bond acceptors (Lipinski definition) is 4. The molecule has 0 bridgehead atoms. The molecule has 0 saturated carbocycles. The summed E-state index contributed by atoms with van der Waals surface area (Å²) in [6.07, 6.45) is 1.92. The van der Waals surface area contributed by atoms with Gasteiger partial charge in [0.05, 0.1) is 11.4 Å². The number of carbonyl (C=O) groups is 1. The number of rotatable bonds is 7. The van der Waals surface area contributed by atoms with Gasteiger partial charge in [0, 0.05) is 19.3 Å². The van der Waals surface area contributed by atoms with Gasteiger partial charge in [-0.25, -0.2) is 0 Å². The predicted octanol–water partition coefficient (Wildman–Crippen LogP) is 1.76. The Hall–Kier alpha value is -1.66. The van der Waals surface area contributed by atoms with Gasteiger partial charge in [-0.1, -0.05) is 6.07 Å². The minimum atomic E-state index is -0.0903. The molecule has 0 aliphatic heterocycles. The van der Waals surface area contributed by atoms with Crippen LogP contribution in [0.1, 0.15) is 6.92 Å². The standard InChI is InChI=1S/C13H17N3O2S/c1-2-18-10-13(17)14-6-8-16-7-5-11(15-16)12-4-3-9-19-12/h3-5,7,9H,2,6,8,10H2,1H3,(H,14,17). The van der Waals surface area contributed by atoms with Crippen LogP contribution in [-0.4, -0.2) is 35.4 Å². The first-order chi connectivity index (χ1) is 9.29. The van der Waals surface area contributed by atoms with Gasteiger partial charge < -0.3 is 10.1 Å². The van der Waals surface area contributed by atoms with Gasteiger partial charge in [0.2, 0.25) is 5.91 Å². The molecular formula is C13H17N3O2S. The van der Waals surface area contributed by atoms with Crippen molar-refractivity contribution in [2.75, 3.05) is 19.8 Å². The lowest BCUT2D eigenvalue weighted by atomic mass is 10.3. The average Bonchev–Trinajstić information content (AvgIpc) is 3.06. The fourth-order valence-electron chi connectivity index (χ4n) is 1.60. The van der Waals surface area contributed by atoms with Crippen LogP contribution in [0, 0.1) is 0 Å². The zero-order valence-corrected chi connectivity index (χ0v) is 11.7. The van der Waals surface area contributed by atoms with Crippen molar-refractivity contribution in [2.45, 2.75) is 13.5 Å². The van der Waals surface area contributed by atoms with Gasteiger partial charge in [0.15, 0.2) is 0 Å². The van der Waals surface area contributed by atoms with Crippen molar-refractivity contribution < 1.29 is 9.53 Å². The Morgan fingerprint density at radius 3 is 3.16 bits per heavy atom. The Balaban J connectivity index is 1.76. The van der Waals surface area contributed by atoms with Crippen molar-refractivity contribution in [3.05, 3.63) is 29.8 Å². The first-order valence-electron chi connectivity index (χ1n) is 6.21. The van der Waals surface area contributed by atoms with E-state index >= 15 is 0 Å². The van der Waals surface area contributed by atoms with E-state index in [1.807, 2.05) is 41.4 Å². The summed E-state index contributed by atoms with van der Waals surface area (Å²) in [7, 11) is 0. The molecule has 2 rings (SSSR count). The smallest absolute Gasteiger partial charge is 0.246 e. The van der Waals surface area contributed by atoms with Crippen LogP contribution >= 0.6 is 11.3 Å². The average molecular weight is 279 g/mol. The summed E-state index contributed by atoms with van der Waals surface area (Å²) in [6, 6.07) is 6.03. The zero-order chi connectivity index (χ0) is 13.5. The van der Waals surface area contributed by atoms with E-state index in [9.17, 15) is 4.79 Å². The predicted molar refractivity (Wildman–Crippen MR) is 75.0 cm³/mol. The number of hydrogen-bond donors (Lipinski definition) is 1. The number of nitrogens with zero attached hydrogens (tertiary/aromatic N) is 2. The van der Waals surface area contributed by atoms with Crippen molar-refractivity contribution >= 4 is 17.2 Å². The highest BCUT2D eigenvalue weighted by Gasteiger charge is 2.04. The lowest BCUT2D eigenvalue weighted by molar-refractivity contribution is -0.125. The lowest BCUT2D eigenvalue weighted by Crippen LogP contribution is -2.30. The van der Waals surface area contributed by atoms with Gasteiger partial charge in [-0.15, -0.1) is 11.3 Å². The molecule has 2 aromatic heterocycles. The maximum atomic E-state index is 11.3. The summed E-state index contributed by atoms with van der Waals surface area (Å²) in [5.41, 5.74) is 0.968. The summed E-state index contributed by atoms with van der Waals surface area (Å²) in [4.78, 5) is 12.5. The van der Waals surface area contributed by atoms with E-state index in [4.69, 9.17) is 4.74 Å². The van der Waals surface area contributed by atoms with Crippen molar-refractivity contribution in [3.8, 4) is 10.6 Å². The third-order valence-corrected chi connectivity index (χ3v) is 3.41. The molecule has 5 nitrogen and oxygen atoms in total. The molecule has 0 unspecified atom stereocenters. The highest BCUT2D eigenvalue weighted by molar-refractivity contribution is 7.13. The summed E-state index contributed by atoms with van der Waals surface area (Å²) in [5, 5.41) is 9.27. The van der Waals surface area contributed by atoms with Crippen LogP contribution in [-0.2, 0) is 16.1 Å². The molecule has 1 N–H and O–H groups in total. The van der Waals surface area contributed by atoms with Gasteiger partial charge in [-0.05, 0) is 24.4 Å². The van der Waals surface area contributed by atoms with Crippen molar-refractivity contribution in [3.63, 3.8) is 0 Å². The fourth-order valence-corrected chi connectivity index (χ4v) is 2.29. The quantitative estimate of drug-likeness (QED) is 0.840. The summed E-state index contributed by atoms with van der Waals surface area (Å²) < 4.78 is 6.85. The minimum absolute atomic E-state index is 0.0903. The van der Waals surface area contributed by atoms with E-state index in [2.05, 4.69) is 10.4 Å². The van der Waals surface area contributed by atoms with E-state index in [0.717, 1.165) is 10.6 Å². The molecule has 19 heavy (non-hydrogen) atoms. The maximum Gasteiger partial charge on any atom is 0.246 e. The number of carbonyl (C=O) groups excluding carboxylic acids is 1. The maximum absolute atomic E-state index is 11.3. The van der Waals surface area contributed by atoms with E-state index in [1.165, 1.54) is 0 Å².